The second kappa shape index (κ2) is 8.33. The number of hydrogen-bond donors (Lipinski definition) is 0. The largest absolute Gasteiger partial charge is 0.494 e. The Morgan fingerprint density at radius 3 is 2.52 bits per heavy atom. The van der Waals surface area contributed by atoms with Crippen LogP contribution in [0.2, 0.25) is 0 Å². The van der Waals surface area contributed by atoms with Crippen LogP contribution in [0.1, 0.15) is 49.7 Å². The van der Waals surface area contributed by atoms with E-state index in [1.807, 2.05) is 12.1 Å². The van der Waals surface area contributed by atoms with E-state index in [1.54, 1.807) is 12.1 Å². The first-order chi connectivity index (χ1) is 11.1. The third-order valence-electron chi connectivity index (χ3n) is 3.84. The second-order valence-corrected chi connectivity index (χ2v) is 5.95. The fourth-order valence-corrected chi connectivity index (χ4v) is 2.47. The quantitative estimate of drug-likeness (QED) is 0.640. The zero-order chi connectivity index (χ0) is 16.7. The number of nitriles is 1. The summed E-state index contributed by atoms with van der Waals surface area (Å²) in [6.07, 6.45) is 1.41. The second-order valence-electron chi connectivity index (χ2n) is 5.95. The summed E-state index contributed by atoms with van der Waals surface area (Å²) in [5.74, 6) is 0.728. The normalized spacial score (nSPS) is 12.0. The van der Waals surface area contributed by atoms with Gasteiger partial charge >= 0.3 is 0 Å². The van der Waals surface area contributed by atoms with Gasteiger partial charge in [0.05, 0.1) is 18.6 Å². The van der Waals surface area contributed by atoms with E-state index in [0.717, 1.165) is 17.7 Å². The average molecular weight is 311 g/mol. The van der Waals surface area contributed by atoms with Gasteiger partial charge in [-0.2, -0.15) is 5.26 Å². The highest BCUT2D eigenvalue weighted by molar-refractivity contribution is 5.30. The molecule has 3 heteroatoms. The third kappa shape index (κ3) is 5.10. The molecule has 2 nitrogen and oxygen atoms in total. The number of hydrogen-bond acceptors (Lipinski definition) is 2. The van der Waals surface area contributed by atoms with Gasteiger partial charge in [0, 0.05) is 0 Å². The molecule has 2 aromatic rings. The lowest BCUT2D eigenvalue weighted by molar-refractivity contribution is 0.304. The Labute approximate surface area is 137 Å². The molecule has 0 aromatic heterocycles. The first-order valence-corrected chi connectivity index (χ1v) is 7.98. The van der Waals surface area contributed by atoms with Gasteiger partial charge in [-0.1, -0.05) is 38.1 Å². The Kier molecular flexibility index (Phi) is 6.17. The summed E-state index contributed by atoms with van der Waals surface area (Å²) in [5.41, 5.74) is 1.98. The van der Waals surface area contributed by atoms with Crippen molar-refractivity contribution in [2.24, 2.45) is 0 Å². The van der Waals surface area contributed by atoms with Crippen molar-refractivity contribution in [3.63, 3.8) is 0 Å². The molecule has 1 atom stereocenters. The van der Waals surface area contributed by atoms with Gasteiger partial charge in [0.1, 0.15) is 11.6 Å². The number of halogens is 1. The molecule has 0 aliphatic rings. The predicted octanol–water partition coefficient (Wildman–Crippen LogP) is 5.42. The van der Waals surface area contributed by atoms with Gasteiger partial charge in [-0.25, -0.2) is 4.39 Å². The molecule has 0 heterocycles. The van der Waals surface area contributed by atoms with Crippen molar-refractivity contribution in [2.75, 3.05) is 6.61 Å². The molecule has 0 bridgehead atoms. The van der Waals surface area contributed by atoms with Crippen LogP contribution in [0.4, 0.5) is 4.39 Å². The van der Waals surface area contributed by atoms with E-state index >= 15 is 0 Å². The van der Waals surface area contributed by atoms with Crippen molar-refractivity contribution < 1.29 is 9.13 Å². The molecule has 0 saturated carbocycles. The highest BCUT2D eigenvalue weighted by Crippen LogP contribution is 2.23. The molecular weight excluding hydrogens is 289 g/mol. The molecule has 0 radical (unpaired) electrons. The standard InChI is InChI=1S/C20H22FNO/c1-15(2)16-6-4-10-20(13-16)23-11-5-8-18(14-22)17-7-3-9-19(21)12-17/h3-4,6-7,9-10,12-13,15,18H,5,8,11H2,1-2H3. The van der Waals surface area contributed by atoms with Crippen molar-refractivity contribution in [3.05, 3.63) is 65.5 Å². The lowest BCUT2D eigenvalue weighted by Crippen LogP contribution is -2.02. The van der Waals surface area contributed by atoms with Crippen LogP contribution >= 0.6 is 0 Å². The van der Waals surface area contributed by atoms with Gasteiger partial charge in [0.25, 0.3) is 0 Å². The Bertz CT molecular complexity index is 675. The SMILES string of the molecule is CC(C)c1cccc(OCCCC(C#N)c2cccc(F)c2)c1. The molecule has 120 valence electrons. The van der Waals surface area contributed by atoms with Crippen LogP contribution in [-0.4, -0.2) is 6.61 Å². The minimum absolute atomic E-state index is 0.295. The number of benzene rings is 2. The van der Waals surface area contributed by atoms with Crippen LogP contribution in [0.5, 0.6) is 5.75 Å². The van der Waals surface area contributed by atoms with Crippen LogP contribution in [0.25, 0.3) is 0 Å². The maximum atomic E-state index is 13.2. The van der Waals surface area contributed by atoms with E-state index in [0.29, 0.717) is 18.9 Å². The summed E-state index contributed by atoms with van der Waals surface area (Å²) < 4.78 is 19.0. The van der Waals surface area contributed by atoms with Crippen LogP contribution in [-0.2, 0) is 0 Å². The van der Waals surface area contributed by atoms with Crippen LogP contribution in [0.3, 0.4) is 0 Å². The number of rotatable bonds is 7. The minimum atomic E-state index is -0.301. The summed E-state index contributed by atoms with van der Waals surface area (Å²) >= 11 is 0. The van der Waals surface area contributed by atoms with E-state index in [9.17, 15) is 9.65 Å². The third-order valence-corrected chi connectivity index (χ3v) is 3.84. The highest BCUT2D eigenvalue weighted by Gasteiger charge is 2.11. The molecule has 23 heavy (non-hydrogen) atoms. The minimum Gasteiger partial charge on any atom is -0.494 e. The van der Waals surface area contributed by atoms with Crippen molar-refractivity contribution in [1.29, 1.82) is 5.26 Å². The van der Waals surface area contributed by atoms with Gasteiger partial charge in [-0.3, -0.25) is 0 Å². The molecule has 0 aliphatic carbocycles. The van der Waals surface area contributed by atoms with Gasteiger partial charge in [-0.05, 0) is 54.2 Å². The smallest absolute Gasteiger partial charge is 0.123 e. The molecule has 2 aromatic carbocycles. The maximum Gasteiger partial charge on any atom is 0.123 e. The van der Waals surface area contributed by atoms with Gasteiger partial charge < -0.3 is 4.74 Å². The Balaban J connectivity index is 1.85. The molecule has 0 amide bonds. The van der Waals surface area contributed by atoms with Gasteiger partial charge in [0.15, 0.2) is 0 Å². The number of ether oxygens (including phenoxy) is 1. The maximum absolute atomic E-state index is 13.2. The topological polar surface area (TPSA) is 33.0 Å². The molecule has 1 unspecified atom stereocenters. The van der Waals surface area contributed by atoms with E-state index < -0.39 is 0 Å². The molecule has 0 aliphatic heterocycles. The molecule has 0 N–H and O–H groups in total. The molecule has 0 saturated heterocycles. The predicted molar refractivity (Wildman–Crippen MR) is 90.0 cm³/mol. The lowest BCUT2D eigenvalue weighted by Gasteiger charge is -2.12. The fraction of sp³-hybridized carbons (Fsp3) is 0.350. The summed E-state index contributed by atoms with van der Waals surface area (Å²) in [7, 11) is 0. The number of nitrogens with zero attached hydrogens (tertiary/aromatic N) is 1. The van der Waals surface area contributed by atoms with Crippen molar-refractivity contribution in [3.8, 4) is 11.8 Å². The molecule has 0 spiro atoms. The lowest BCUT2D eigenvalue weighted by atomic mass is 9.96. The summed E-state index contributed by atoms with van der Waals surface area (Å²) in [6.45, 7) is 4.85. The first kappa shape index (κ1) is 17.0. The zero-order valence-corrected chi connectivity index (χ0v) is 13.6. The fourth-order valence-electron chi connectivity index (χ4n) is 2.47. The van der Waals surface area contributed by atoms with Gasteiger partial charge in [-0.15, -0.1) is 0 Å². The van der Waals surface area contributed by atoms with Crippen molar-refractivity contribution in [1.82, 2.24) is 0 Å². The van der Waals surface area contributed by atoms with Gasteiger partial charge in [0.2, 0.25) is 0 Å². The van der Waals surface area contributed by atoms with Crippen molar-refractivity contribution >= 4 is 0 Å². The van der Waals surface area contributed by atoms with Crippen molar-refractivity contribution in [2.45, 2.75) is 38.5 Å². The van der Waals surface area contributed by atoms with Crippen LogP contribution < -0.4 is 4.74 Å². The molecular formula is C20H22FNO. The van der Waals surface area contributed by atoms with E-state index in [4.69, 9.17) is 4.74 Å². The van der Waals surface area contributed by atoms with E-state index in [-0.39, 0.29) is 11.7 Å². The summed E-state index contributed by atoms with van der Waals surface area (Å²) in [5, 5.41) is 9.27. The molecule has 2 rings (SSSR count). The summed E-state index contributed by atoms with van der Waals surface area (Å²) in [6, 6.07) is 16.6. The average Bonchev–Trinajstić information content (AvgIpc) is 2.55. The van der Waals surface area contributed by atoms with Crippen LogP contribution in [0, 0.1) is 17.1 Å². The Hall–Kier alpha value is -2.34. The zero-order valence-electron chi connectivity index (χ0n) is 13.6. The van der Waals surface area contributed by atoms with E-state index in [2.05, 4.69) is 32.0 Å². The highest BCUT2D eigenvalue weighted by atomic mass is 19.1. The van der Waals surface area contributed by atoms with E-state index in [1.165, 1.54) is 17.7 Å². The molecule has 0 fully saturated rings. The Morgan fingerprint density at radius 1 is 1.09 bits per heavy atom. The van der Waals surface area contributed by atoms with Crippen LogP contribution in [0.15, 0.2) is 48.5 Å². The first-order valence-electron chi connectivity index (χ1n) is 7.98. The summed E-state index contributed by atoms with van der Waals surface area (Å²) in [4.78, 5) is 0. The monoisotopic (exact) mass is 311 g/mol. The Morgan fingerprint density at radius 2 is 1.83 bits per heavy atom.